The van der Waals surface area contributed by atoms with Crippen molar-refractivity contribution in [2.75, 3.05) is 6.61 Å². The van der Waals surface area contributed by atoms with Crippen LogP contribution in [0.15, 0.2) is 0 Å². The number of esters is 1. The van der Waals surface area contributed by atoms with Gasteiger partial charge in [0.05, 0.1) is 6.61 Å². The summed E-state index contributed by atoms with van der Waals surface area (Å²) in [4.78, 5) is 11.0. The predicted octanol–water partition coefficient (Wildman–Crippen LogP) is 3.06. The third kappa shape index (κ3) is 6.71. The lowest BCUT2D eigenvalue weighted by Gasteiger charge is -2.16. The third-order valence-corrected chi connectivity index (χ3v) is 1.82. The highest BCUT2D eigenvalue weighted by Crippen LogP contribution is 2.27. The molecular weight excluding hydrogens is 250 g/mol. The van der Waals surface area contributed by atoms with Crippen LogP contribution in [-0.2, 0) is 14.3 Å². The van der Waals surface area contributed by atoms with Crippen molar-refractivity contribution < 1.29 is 14.3 Å². The van der Waals surface area contributed by atoms with Crippen molar-refractivity contribution in [3.63, 3.8) is 0 Å². The van der Waals surface area contributed by atoms with E-state index >= 15 is 0 Å². The Labute approximate surface area is 98.6 Å². The number of ether oxygens (including phenoxy) is 2. The van der Waals surface area contributed by atoms with Crippen LogP contribution in [0, 0.1) is 0 Å². The van der Waals surface area contributed by atoms with Crippen molar-refractivity contribution in [3.8, 4) is 0 Å². The minimum absolute atomic E-state index is 0.519. The van der Waals surface area contributed by atoms with Gasteiger partial charge in [-0.05, 0) is 13.3 Å². The summed E-state index contributed by atoms with van der Waals surface area (Å²) in [6, 6.07) is 0. The summed E-state index contributed by atoms with van der Waals surface area (Å²) in [5.74, 6) is -0.925. The van der Waals surface area contributed by atoms with E-state index in [0.29, 0.717) is 6.61 Å². The molecule has 0 spiro atoms. The first-order chi connectivity index (χ1) is 6.38. The zero-order valence-electron chi connectivity index (χ0n) is 8.06. The van der Waals surface area contributed by atoms with Gasteiger partial charge in [-0.25, -0.2) is 4.79 Å². The Morgan fingerprint density at radius 2 is 2.00 bits per heavy atom. The molecule has 0 aromatic carbocycles. The van der Waals surface area contributed by atoms with Crippen molar-refractivity contribution in [2.24, 2.45) is 0 Å². The van der Waals surface area contributed by atoms with Crippen molar-refractivity contribution in [1.82, 2.24) is 0 Å². The van der Waals surface area contributed by atoms with Crippen LogP contribution in [-0.4, -0.2) is 22.7 Å². The molecule has 0 aliphatic heterocycles. The van der Waals surface area contributed by atoms with E-state index < -0.39 is 16.1 Å². The fraction of sp³-hybridized carbons (Fsp3) is 0.875. The molecule has 0 N–H and O–H groups in total. The van der Waals surface area contributed by atoms with E-state index in [0.717, 1.165) is 12.8 Å². The molecule has 0 aliphatic carbocycles. The minimum atomic E-state index is -2.04. The number of rotatable bonds is 5. The van der Waals surface area contributed by atoms with Crippen molar-refractivity contribution in [2.45, 2.75) is 36.8 Å². The van der Waals surface area contributed by atoms with Crippen molar-refractivity contribution in [3.05, 3.63) is 0 Å². The molecule has 3 nitrogen and oxygen atoms in total. The van der Waals surface area contributed by atoms with Crippen LogP contribution in [0.5, 0.6) is 0 Å². The Balaban J connectivity index is 3.72. The van der Waals surface area contributed by atoms with E-state index in [1.54, 1.807) is 6.92 Å². The minimum Gasteiger partial charge on any atom is -0.433 e. The molecule has 14 heavy (non-hydrogen) atoms. The molecule has 0 amide bonds. The highest BCUT2D eigenvalue weighted by molar-refractivity contribution is 6.75. The maximum atomic E-state index is 11.0. The summed E-state index contributed by atoms with van der Waals surface area (Å²) in [5, 5.41) is 0. The molecule has 0 fully saturated rings. The lowest BCUT2D eigenvalue weighted by atomic mass is 10.4. The number of alkyl halides is 3. The van der Waals surface area contributed by atoms with Gasteiger partial charge < -0.3 is 9.47 Å². The van der Waals surface area contributed by atoms with Crippen LogP contribution in [0.2, 0.25) is 0 Å². The number of carbonyl (C=O) groups is 1. The Kier molecular flexibility index (Phi) is 6.87. The molecule has 1 unspecified atom stereocenters. The Bertz CT molecular complexity index is 179. The third-order valence-electron chi connectivity index (χ3n) is 1.35. The summed E-state index contributed by atoms with van der Waals surface area (Å²) in [5.41, 5.74) is 0. The van der Waals surface area contributed by atoms with E-state index in [2.05, 4.69) is 0 Å². The molecule has 0 saturated carbocycles. The quantitative estimate of drug-likeness (QED) is 0.331. The van der Waals surface area contributed by atoms with Crippen LogP contribution in [0.3, 0.4) is 0 Å². The first kappa shape index (κ1) is 14.3. The number of halogens is 3. The second-order valence-corrected chi connectivity index (χ2v) is 4.98. The van der Waals surface area contributed by atoms with Gasteiger partial charge in [-0.1, -0.05) is 48.1 Å². The second kappa shape index (κ2) is 6.72. The van der Waals surface area contributed by atoms with Crippen molar-refractivity contribution >= 4 is 40.8 Å². The van der Waals surface area contributed by atoms with E-state index in [1.807, 2.05) is 6.92 Å². The molecule has 0 aromatic heterocycles. The Morgan fingerprint density at radius 1 is 1.43 bits per heavy atom. The molecule has 84 valence electrons. The standard InChI is InChI=1S/C8H13Cl3O3/c1-3-4-5-13-6(2)14-7(12)8(9,10)11/h6H,3-5H2,1-2H3. The Hall–Kier alpha value is 0.300. The zero-order valence-corrected chi connectivity index (χ0v) is 10.3. The van der Waals surface area contributed by atoms with E-state index in [-0.39, 0.29) is 0 Å². The lowest BCUT2D eigenvalue weighted by molar-refractivity contribution is -0.173. The molecule has 6 heteroatoms. The van der Waals surface area contributed by atoms with E-state index in [1.165, 1.54) is 0 Å². The summed E-state index contributed by atoms with van der Waals surface area (Å²) in [7, 11) is 0. The smallest absolute Gasteiger partial charge is 0.360 e. The molecule has 0 aliphatic rings. The molecule has 0 radical (unpaired) electrons. The molecule has 0 bridgehead atoms. The van der Waals surface area contributed by atoms with Gasteiger partial charge in [0.15, 0.2) is 6.29 Å². The fourth-order valence-corrected chi connectivity index (χ4v) is 0.779. The average Bonchev–Trinajstić information content (AvgIpc) is 2.03. The van der Waals surface area contributed by atoms with Crippen LogP contribution in [0.4, 0.5) is 0 Å². The highest BCUT2D eigenvalue weighted by atomic mass is 35.6. The molecular formula is C8H13Cl3O3. The molecule has 0 saturated heterocycles. The normalized spacial score (nSPS) is 13.8. The SMILES string of the molecule is CCCCOC(C)OC(=O)C(Cl)(Cl)Cl. The number of unbranched alkanes of at least 4 members (excludes halogenated alkanes) is 1. The van der Waals surface area contributed by atoms with Gasteiger partial charge in [0.1, 0.15) is 0 Å². The predicted molar refractivity (Wildman–Crippen MR) is 56.7 cm³/mol. The second-order valence-electron chi connectivity index (χ2n) is 2.70. The number of hydrogen-bond donors (Lipinski definition) is 0. The molecule has 0 heterocycles. The summed E-state index contributed by atoms with van der Waals surface area (Å²) in [6.07, 6.45) is 1.21. The largest absolute Gasteiger partial charge is 0.433 e. The molecule has 1 atom stereocenters. The van der Waals surface area contributed by atoms with Gasteiger partial charge in [-0.15, -0.1) is 0 Å². The molecule has 0 rings (SSSR count). The van der Waals surface area contributed by atoms with E-state index in [9.17, 15) is 4.79 Å². The first-order valence-corrected chi connectivity index (χ1v) is 5.40. The summed E-state index contributed by atoms with van der Waals surface area (Å²) in [6.45, 7) is 4.12. The van der Waals surface area contributed by atoms with Gasteiger partial charge in [0.2, 0.25) is 0 Å². The maximum absolute atomic E-state index is 11.0. The average molecular weight is 264 g/mol. The maximum Gasteiger partial charge on any atom is 0.360 e. The topological polar surface area (TPSA) is 35.5 Å². The summed E-state index contributed by atoms with van der Waals surface area (Å²) < 4.78 is 7.79. The van der Waals surface area contributed by atoms with Gasteiger partial charge in [-0.3, -0.25) is 0 Å². The Morgan fingerprint density at radius 3 is 2.43 bits per heavy atom. The number of carbonyl (C=O) groups excluding carboxylic acids is 1. The van der Waals surface area contributed by atoms with Crippen LogP contribution in [0.1, 0.15) is 26.7 Å². The van der Waals surface area contributed by atoms with Gasteiger partial charge >= 0.3 is 5.97 Å². The van der Waals surface area contributed by atoms with Crippen LogP contribution < -0.4 is 0 Å². The lowest BCUT2D eigenvalue weighted by Crippen LogP contribution is -2.27. The van der Waals surface area contributed by atoms with Gasteiger partial charge in [-0.2, -0.15) is 0 Å². The summed E-state index contributed by atoms with van der Waals surface area (Å²) >= 11 is 15.9. The van der Waals surface area contributed by atoms with Gasteiger partial charge in [0.25, 0.3) is 3.79 Å². The molecule has 0 aromatic rings. The van der Waals surface area contributed by atoms with Crippen LogP contribution in [0.25, 0.3) is 0 Å². The zero-order chi connectivity index (χ0) is 11.2. The first-order valence-electron chi connectivity index (χ1n) is 4.27. The van der Waals surface area contributed by atoms with E-state index in [4.69, 9.17) is 44.3 Å². The number of hydrogen-bond acceptors (Lipinski definition) is 3. The highest BCUT2D eigenvalue weighted by Gasteiger charge is 2.33. The van der Waals surface area contributed by atoms with Crippen LogP contribution >= 0.6 is 34.8 Å². The monoisotopic (exact) mass is 262 g/mol. The fourth-order valence-electron chi connectivity index (χ4n) is 0.645. The van der Waals surface area contributed by atoms with Gasteiger partial charge in [0, 0.05) is 0 Å². The van der Waals surface area contributed by atoms with Crippen molar-refractivity contribution in [1.29, 1.82) is 0 Å².